The van der Waals surface area contributed by atoms with E-state index in [1.165, 1.54) is 0 Å². The maximum atomic E-state index is 6.50. The maximum Gasteiger partial charge on any atom is 0.164 e. The van der Waals surface area contributed by atoms with Crippen LogP contribution in [0, 0.1) is 0 Å². The Kier molecular flexibility index (Phi) is 6.95. The number of fused-ring (bicyclic) bond motifs is 6. The molecule has 0 atom stereocenters. The first kappa shape index (κ1) is 28.6. The second-order valence-electron chi connectivity index (χ2n) is 12.0. The Balaban J connectivity index is 1.17. The summed E-state index contributed by atoms with van der Waals surface area (Å²) in [6.45, 7) is 2.00. The van der Waals surface area contributed by atoms with Gasteiger partial charge in [-0.2, -0.15) is 0 Å². The molecule has 0 bridgehead atoms. The van der Waals surface area contributed by atoms with Crippen molar-refractivity contribution in [2.75, 3.05) is 0 Å². The molecule has 0 aliphatic rings. The molecule has 0 N–H and O–H groups in total. The Labute approximate surface area is 282 Å². The molecule has 5 heteroatoms. The van der Waals surface area contributed by atoms with Crippen LogP contribution in [0.2, 0.25) is 0 Å². The number of benzene rings is 6. The maximum absolute atomic E-state index is 6.50. The van der Waals surface area contributed by atoms with E-state index < -0.39 is 0 Å². The van der Waals surface area contributed by atoms with Gasteiger partial charge in [-0.15, -0.1) is 0 Å². The highest BCUT2D eigenvalue weighted by molar-refractivity contribution is 6.13. The molecule has 0 saturated carbocycles. The van der Waals surface area contributed by atoms with E-state index in [0.29, 0.717) is 17.5 Å². The van der Waals surface area contributed by atoms with E-state index in [1.54, 1.807) is 0 Å². The molecule has 49 heavy (non-hydrogen) atoms. The standard InChI is InChI=1S/C44H29N3O2/c1-2-3-5-11-28-18-20-30(21-19-28)43-45-42(29-12-6-4-7-13-29)46-44(47-43)35-15-10-17-39-41(35)34-24-22-32(27-40(34)49-39)31-23-25-38-36(26-31)33-14-8-9-16-37(33)48-38/h2-27H,1H3/b3-2-,11-5-. The summed E-state index contributed by atoms with van der Waals surface area (Å²) in [5, 5.41) is 4.18. The van der Waals surface area contributed by atoms with Gasteiger partial charge >= 0.3 is 0 Å². The van der Waals surface area contributed by atoms with Crippen LogP contribution in [0.5, 0.6) is 0 Å². The first-order valence-electron chi connectivity index (χ1n) is 16.3. The normalized spacial score (nSPS) is 12.0. The highest BCUT2D eigenvalue weighted by Crippen LogP contribution is 2.39. The summed E-state index contributed by atoms with van der Waals surface area (Å²) in [6, 6.07) is 45.3. The molecular weight excluding hydrogens is 603 g/mol. The molecular formula is C44H29N3O2. The molecule has 232 valence electrons. The third-order valence-electron chi connectivity index (χ3n) is 8.88. The Bertz CT molecular complexity index is 2720. The van der Waals surface area contributed by atoms with E-state index >= 15 is 0 Å². The van der Waals surface area contributed by atoms with Gasteiger partial charge in [-0.3, -0.25) is 0 Å². The van der Waals surface area contributed by atoms with E-state index in [0.717, 1.165) is 77.3 Å². The quantitative estimate of drug-likeness (QED) is 0.171. The molecule has 9 aromatic rings. The summed E-state index contributed by atoms with van der Waals surface area (Å²) in [6.07, 6.45) is 8.13. The number of para-hydroxylation sites is 1. The van der Waals surface area contributed by atoms with Crippen molar-refractivity contribution in [3.8, 4) is 45.3 Å². The van der Waals surface area contributed by atoms with Crippen molar-refractivity contribution >= 4 is 50.0 Å². The minimum absolute atomic E-state index is 0.593. The zero-order valence-electron chi connectivity index (χ0n) is 26.7. The Morgan fingerprint density at radius 2 is 1.10 bits per heavy atom. The topological polar surface area (TPSA) is 65.0 Å². The van der Waals surface area contributed by atoms with Crippen LogP contribution in [-0.2, 0) is 0 Å². The smallest absolute Gasteiger partial charge is 0.164 e. The van der Waals surface area contributed by atoms with Crippen LogP contribution in [0.3, 0.4) is 0 Å². The highest BCUT2D eigenvalue weighted by atomic mass is 16.3. The third kappa shape index (κ3) is 5.18. The predicted octanol–water partition coefficient (Wildman–Crippen LogP) is 11.9. The van der Waals surface area contributed by atoms with Gasteiger partial charge < -0.3 is 8.83 Å². The second-order valence-corrected chi connectivity index (χ2v) is 12.0. The van der Waals surface area contributed by atoms with Crippen LogP contribution >= 0.6 is 0 Å². The molecule has 0 aliphatic heterocycles. The number of furan rings is 2. The summed E-state index contributed by atoms with van der Waals surface area (Å²) >= 11 is 0. The number of nitrogens with zero attached hydrogens (tertiary/aromatic N) is 3. The van der Waals surface area contributed by atoms with Gasteiger partial charge in [-0.05, 0) is 60.0 Å². The number of hydrogen-bond donors (Lipinski definition) is 0. The average Bonchev–Trinajstić information content (AvgIpc) is 3.73. The predicted molar refractivity (Wildman–Crippen MR) is 200 cm³/mol. The van der Waals surface area contributed by atoms with Crippen molar-refractivity contribution in [3.05, 3.63) is 157 Å². The minimum atomic E-state index is 0.593. The van der Waals surface area contributed by atoms with Gasteiger partial charge in [0.2, 0.25) is 0 Å². The van der Waals surface area contributed by atoms with Gasteiger partial charge in [0.15, 0.2) is 17.5 Å². The number of rotatable bonds is 6. The van der Waals surface area contributed by atoms with Crippen LogP contribution in [0.4, 0.5) is 0 Å². The van der Waals surface area contributed by atoms with E-state index in [4.69, 9.17) is 23.8 Å². The fourth-order valence-electron chi connectivity index (χ4n) is 6.46. The first-order valence-corrected chi connectivity index (χ1v) is 16.3. The van der Waals surface area contributed by atoms with Gasteiger partial charge in [-0.25, -0.2) is 15.0 Å². The molecule has 3 heterocycles. The summed E-state index contributed by atoms with van der Waals surface area (Å²) in [4.78, 5) is 15.0. The molecule has 0 unspecified atom stereocenters. The molecule has 6 aromatic carbocycles. The van der Waals surface area contributed by atoms with E-state index in [2.05, 4.69) is 72.8 Å². The van der Waals surface area contributed by atoms with Crippen LogP contribution in [0.25, 0.3) is 95.2 Å². The third-order valence-corrected chi connectivity index (χ3v) is 8.88. The number of hydrogen-bond acceptors (Lipinski definition) is 5. The van der Waals surface area contributed by atoms with Gasteiger partial charge in [0, 0.05) is 38.2 Å². The van der Waals surface area contributed by atoms with Crippen molar-refractivity contribution in [1.82, 2.24) is 15.0 Å². The lowest BCUT2D eigenvalue weighted by Crippen LogP contribution is -2.00. The molecule has 0 spiro atoms. The van der Waals surface area contributed by atoms with Gasteiger partial charge in [0.1, 0.15) is 22.3 Å². The lowest BCUT2D eigenvalue weighted by Gasteiger charge is -2.09. The lowest BCUT2D eigenvalue weighted by atomic mass is 10.00. The van der Waals surface area contributed by atoms with Crippen molar-refractivity contribution in [2.24, 2.45) is 0 Å². The van der Waals surface area contributed by atoms with Gasteiger partial charge in [0.25, 0.3) is 0 Å². The summed E-state index contributed by atoms with van der Waals surface area (Å²) in [5.74, 6) is 1.82. The van der Waals surface area contributed by atoms with Crippen LogP contribution < -0.4 is 0 Å². The minimum Gasteiger partial charge on any atom is -0.456 e. The molecule has 9 rings (SSSR count). The fraction of sp³-hybridized carbons (Fsp3) is 0.0227. The van der Waals surface area contributed by atoms with E-state index in [1.807, 2.05) is 91.9 Å². The molecule has 5 nitrogen and oxygen atoms in total. The fourth-order valence-corrected chi connectivity index (χ4v) is 6.46. The zero-order valence-corrected chi connectivity index (χ0v) is 26.7. The summed E-state index contributed by atoms with van der Waals surface area (Å²) < 4.78 is 12.6. The molecule has 0 saturated heterocycles. The molecule has 0 fully saturated rings. The van der Waals surface area contributed by atoms with Crippen LogP contribution in [0.15, 0.2) is 161 Å². The Morgan fingerprint density at radius 1 is 0.449 bits per heavy atom. The van der Waals surface area contributed by atoms with Crippen LogP contribution in [0.1, 0.15) is 12.5 Å². The monoisotopic (exact) mass is 631 g/mol. The van der Waals surface area contributed by atoms with Gasteiger partial charge in [0.05, 0.1) is 0 Å². The lowest BCUT2D eigenvalue weighted by molar-refractivity contribution is 0.669. The second kappa shape index (κ2) is 11.9. The number of allylic oxidation sites excluding steroid dienone is 3. The SMILES string of the molecule is C/C=C\C=C/c1ccc(-c2nc(-c3ccccc3)nc(-c3cccc4oc5cc(-c6ccc7oc8ccccc8c7c6)ccc5c34)n2)cc1. The summed E-state index contributed by atoms with van der Waals surface area (Å²) in [5.41, 5.74) is 9.35. The molecule has 0 radical (unpaired) electrons. The molecule has 0 aliphatic carbocycles. The largest absolute Gasteiger partial charge is 0.456 e. The Morgan fingerprint density at radius 3 is 1.94 bits per heavy atom. The van der Waals surface area contributed by atoms with E-state index in [9.17, 15) is 0 Å². The zero-order chi connectivity index (χ0) is 32.7. The van der Waals surface area contributed by atoms with E-state index in [-0.39, 0.29) is 0 Å². The highest BCUT2D eigenvalue weighted by Gasteiger charge is 2.18. The molecule has 3 aromatic heterocycles. The molecule has 0 amide bonds. The van der Waals surface area contributed by atoms with Crippen molar-refractivity contribution in [3.63, 3.8) is 0 Å². The van der Waals surface area contributed by atoms with Crippen molar-refractivity contribution in [2.45, 2.75) is 6.92 Å². The van der Waals surface area contributed by atoms with Crippen molar-refractivity contribution < 1.29 is 8.83 Å². The summed E-state index contributed by atoms with van der Waals surface area (Å²) in [7, 11) is 0. The average molecular weight is 632 g/mol. The van der Waals surface area contributed by atoms with Crippen molar-refractivity contribution in [1.29, 1.82) is 0 Å². The van der Waals surface area contributed by atoms with Gasteiger partial charge in [-0.1, -0.05) is 121 Å². The number of aromatic nitrogens is 3. The first-order chi connectivity index (χ1) is 24.2. The van der Waals surface area contributed by atoms with Crippen LogP contribution in [-0.4, -0.2) is 15.0 Å². The Hall–Kier alpha value is -6.59.